The van der Waals surface area contributed by atoms with Crippen LogP contribution < -0.4 is 4.74 Å². The Hall–Kier alpha value is -1.88. The van der Waals surface area contributed by atoms with E-state index in [2.05, 4.69) is 9.97 Å². The van der Waals surface area contributed by atoms with Crippen molar-refractivity contribution in [3.8, 4) is 5.75 Å². The molecule has 0 saturated carbocycles. The summed E-state index contributed by atoms with van der Waals surface area (Å²) in [5, 5.41) is 0.752. The summed E-state index contributed by atoms with van der Waals surface area (Å²) in [5.41, 5.74) is 0.680. The van der Waals surface area contributed by atoms with E-state index in [1.807, 2.05) is 19.1 Å². The molecule has 0 spiro atoms. The van der Waals surface area contributed by atoms with Crippen LogP contribution in [0, 0.1) is 0 Å². The van der Waals surface area contributed by atoms with Crippen LogP contribution in [0.4, 0.5) is 0 Å². The van der Waals surface area contributed by atoms with Crippen LogP contribution in [0.25, 0.3) is 0 Å². The average molecular weight is 274 g/mol. The van der Waals surface area contributed by atoms with Gasteiger partial charge >= 0.3 is 0 Å². The van der Waals surface area contributed by atoms with Gasteiger partial charge < -0.3 is 4.74 Å². The van der Waals surface area contributed by atoms with E-state index in [9.17, 15) is 4.79 Å². The Morgan fingerprint density at radius 1 is 1.26 bits per heavy atom. The zero-order chi connectivity index (χ0) is 13.5. The van der Waals surface area contributed by atoms with Gasteiger partial charge in [0.1, 0.15) is 10.8 Å². The maximum absolute atomic E-state index is 12.0. The summed E-state index contributed by atoms with van der Waals surface area (Å²) in [6.45, 7) is 2.55. The number of Topliss-reactive ketones (excluding diaryl/α,β-unsaturated/α-hetero) is 1. The van der Waals surface area contributed by atoms with Crippen molar-refractivity contribution in [3.05, 3.63) is 48.4 Å². The lowest BCUT2D eigenvalue weighted by Crippen LogP contribution is -2.02. The third kappa shape index (κ3) is 4.06. The van der Waals surface area contributed by atoms with Crippen LogP contribution in [-0.4, -0.2) is 28.1 Å². The summed E-state index contributed by atoms with van der Waals surface area (Å²) in [5.74, 6) is 1.20. The molecule has 0 atom stereocenters. The Morgan fingerprint density at radius 3 is 2.68 bits per heavy atom. The quantitative estimate of drug-likeness (QED) is 0.599. The van der Waals surface area contributed by atoms with E-state index in [0.29, 0.717) is 17.9 Å². The van der Waals surface area contributed by atoms with E-state index in [0.717, 1.165) is 10.8 Å². The molecule has 0 aliphatic carbocycles. The molecule has 4 nitrogen and oxygen atoms in total. The highest BCUT2D eigenvalue weighted by molar-refractivity contribution is 7.99. The van der Waals surface area contributed by atoms with Crippen molar-refractivity contribution >= 4 is 17.5 Å². The highest BCUT2D eigenvalue weighted by atomic mass is 32.2. The number of rotatable bonds is 6. The Balaban J connectivity index is 1.92. The Labute approximate surface area is 116 Å². The van der Waals surface area contributed by atoms with Crippen molar-refractivity contribution in [2.75, 3.05) is 12.4 Å². The highest BCUT2D eigenvalue weighted by Gasteiger charge is 2.07. The van der Waals surface area contributed by atoms with E-state index < -0.39 is 0 Å². The Kier molecular flexibility index (Phi) is 4.92. The smallest absolute Gasteiger partial charge is 0.173 e. The highest BCUT2D eigenvalue weighted by Crippen LogP contribution is 2.17. The molecule has 0 N–H and O–H groups in total. The molecule has 1 aromatic carbocycles. The predicted molar refractivity (Wildman–Crippen MR) is 74.7 cm³/mol. The standard InChI is InChI=1S/C14H14N2O2S/c1-2-18-12-5-3-11(4-6-12)13(17)10-19-14-9-15-7-8-16-14/h3-9H,2,10H2,1H3. The second kappa shape index (κ2) is 6.89. The van der Waals surface area contributed by atoms with E-state index >= 15 is 0 Å². The molecule has 2 aromatic rings. The molecule has 0 fully saturated rings. The fourth-order valence-electron chi connectivity index (χ4n) is 1.49. The number of hydrogen-bond donors (Lipinski definition) is 0. The molecule has 1 heterocycles. The summed E-state index contributed by atoms with van der Waals surface area (Å²) in [4.78, 5) is 20.0. The monoisotopic (exact) mass is 274 g/mol. The topological polar surface area (TPSA) is 52.1 Å². The second-order valence-corrected chi connectivity index (χ2v) is 4.71. The first-order valence-electron chi connectivity index (χ1n) is 5.94. The zero-order valence-electron chi connectivity index (χ0n) is 10.6. The molecule has 19 heavy (non-hydrogen) atoms. The van der Waals surface area contributed by atoms with Gasteiger partial charge in [-0.15, -0.1) is 0 Å². The maximum atomic E-state index is 12.0. The van der Waals surface area contributed by atoms with Crippen molar-refractivity contribution in [2.24, 2.45) is 0 Å². The van der Waals surface area contributed by atoms with Gasteiger partial charge in [-0.3, -0.25) is 9.78 Å². The largest absolute Gasteiger partial charge is 0.494 e. The summed E-state index contributed by atoms with van der Waals surface area (Å²) < 4.78 is 5.34. The molecule has 98 valence electrons. The molecule has 0 radical (unpaired) electrons. The summed E-state index contributed by atoms with van der Waals surface area (Å²) >= 11 is 1.38. The van der Waals surface area contributed by atoms with Gasteiger partial charge in [0.2, 0.25) is 0 Å². The minimum atomic E-state index is 0.0682. The minimum Gasteiger partial charge on any atom is -0.494 e. The number of aromatic nitrogens is 2. The van der Waals surface area contributed by atoms with E-state index in [-0.39, 0.29) is 5.78 Å². The van der Waals surface area contributed by atoms with E-state index in [1.165, 1.54) is 11.8 Å². The molecule has 0 aliphatic rings. The number of ketones is 1. The molecule has 5 heteroatoms. The van der Waals surface area contributed by atoms with Crippen molar-refractivity contribution in [1.82, 2.24) is 9.97 Å². The number of carbonyl (C=O) groups is 1. The van der Waals surface area contributed by atoms with Crippen molar-refractivity contribution < 1.29 is 9.53 Å². The van der Waals surface area contributed by atoms with Gasteiger partial charge in [-0.2, -0.15) is 0 Å². The number of carbonyl (C=O) groups excluding carboxylic acids is 1. The molecule has 0 bridgehead atoms. The van der Waals surface area contributed by atoms with Gasteiger partial charge in [0, 0.05) is 18.0 Å². The van der Waals surface area contributed by atoms with Crippen LogP contribution in [0.2, 0.25) is 0 Å². The van der Waals surface area contributed by atoms with Crippen LogP contribution in [0.1, 0.15) is 17.3 Å². The van der Waals surface area contributed by atoms with Gasteiger partial charge in [0.15, 0.2) is 5.78 Å². The Morgan fingerprint density at radius 2 is 2.05 bits per heavy atom. The lowest BCUT2D eigenvalue weighted by Gasteiger charge is -2.04. The fraction of sp³-hybridized carbons (Fsp3) is 0.214. The average Bonchev–Trinajstić information content (AvgIpc) is 2.47. The van der Waals surface area contributed by atoms with Crippen molar-refractivity contribution in [2.45, 2.75) is 11.9 Å². The first-order chi connectivity index (χ1) is 9.29. The summed E-state index contributed by atoms with van der Waals surface area (Å²) in [7, 11) is 0. The molecule has 0 saturated heterocycles. The van der Waals surface area contributed by atoms with Crippen LogP contribution in [0.5, 0.6) is 5.75 Å². The molecule has 0 amide bonds. The van der Waals surface area contributed by atoms with Crippen LogP contribution in [0.3, 0.4) is 0 Å². The minimum absolute atomic E-state index is 0.0682. The van der Waals surface area contributed by atoms with Gasteiger partial charge in [0.25, 0.3) is 0 Å². The van der Waals surface area contributed by atoms with Gasteiger partial charge in [0.05, 0.1) is 18.6 Å². The number of hydrogen-bond acceptors (Lipinski definition) is 5. The number of benzene rings is 1. The summed E-state index contributed by atoms with van der Waals surface area (Å²) in [6, 6.07) is 7.18. The molecular formula is C14H14N2O2S. The fourth-order valence-corrected chi connectivity index (χ4v) is 2.20. The van der Waals surface area contributed by atoms with Gasteiger partial charge in [-0.25, -0.2) is 4.98 Å². The summed E-state index contributed by atoms with van der Waals surface area (Å²) in [6.07, 6.45) is 4.87. The SMILES string of the molecule is CCOc1ccc(C(=O)CSc2cnccn2)cc1. The number of nitrogens with zero attached hydrogens (tertiary/aromatic N) is 2. The third-order valence-corrected chi connectivity index (χ3v) is 3.29. The maximum Gasteiger partial charge on any atom is 0.173 e. The normalized spacial score (nSPS) is 10.2. The lowest BCUT2D eigenvalue weighted by molar-refractivity contribution is 0.102. The molecular weight excluding hydrogens is 260 g/mol. The molecule has 0 aliphatic heterocycles. The van der Waals surface area contributed by atoms with E-state index in [4.69, 9.17) is 4.74 Å². The number of thioether (sulfide) groups is 1. The van der Waals surface area contributed by atoms with Gasteiger partial charge in [-0.05, 0) is 31.2 Å². The van der Waals surface area contributed by atoms with E-state index in [1.54, 1.807) is 30.7 Å². The third-order valence-electron chi connectivity index (χ3n) is 2.38. The lowest BCUT2D eigenvalue weighted by atomic mass is 10.1. The second-order valence-electron chi connectivity index (χ2n) is 3.71. The number of ether oxygens (including phenoxy) is 1. The molecule has 0 unspecified atom stereocenters. The molecule has 2 rings (SSSR count). The van der Waals surface area contributed by atoms with Crippen LogP contribution in [0.15, 0.2) is 47.9 Å². The van der Waals surface area contributed by atoms with Crippen molar-refractivity contribution in [3.63, 3.8) is 0 Å². The van der Waals surface area contributed by atoms with Crippen LogP contribution >= 0.6 is 11.8 Å². The predicted octanol–water partition coefficient (Wildman–Crippen LogP) is 2.85. The zero-order valence-corrected chi connectivity index (χ0v) is 11.4. The first-order valence-corrected chi connectivity index (χ1v) is 6.93. The van der Waals surface area contributed by atoms with Gasteiger partial charge in [-0.1, -0.05) is 11.8 Å². The first kappa shape index (κ1) is 13.5. The Bertz CT molecular complexity index is 529. The molecule has 1 aromatic heterocycles. The van der Waals surface area contributed by atoms with Crippen molar-refractivity contribution in [1.29, 1.82) is 0 Å². The van der Waals surface area contributed by atoms with Crippen LogP contribution in [-0.2, 0) is 0 Å².